The predicted molar refractivity (Wildman–Crippen MR) is 104 cm³/mol. The van der Waals surface area contributed by atoms with E-state index in [2.05, 4.69) is 25.8 Å². The molecule has 1 aromatic carbocycles. The number of likely N-dealkylation sites (N-methyl/N-ethyl adjacent to an activating group) is 1. The van der Waals surface area contributed by atoms with Gasteiger partial charge in [-0.05, 0) is 37.2 Å². The molecule has 5 heteroatoms. The zero-order valence-electron chi connectivity index (χ0n) is 17.1. The number of ether oxygens (including phenoxy) is 2. The van der Waals surface area contributed by atoms with E-state index in [9.17, 15) is 0 Å². The van der Waals surface area contributed by atoms with Crippen molar-refractivity contribution in [3.05, 3.63) is 24.3 Å². The first kappa shape index (κ1) is 23.9. The van der Waals surface area contributed by atoms with Gasteiger partial charge >= 0.3 is 0 Å². The van der Waals surface area contributed by atoms with E-state index in [1.807, 2.05) is 24.3 Å². The monoisotopic (exact) mass is 438 g/mol. The van der Waals surface area contributed by atoms with Crippen LogP contribution in [-0.4, -0.2) is 68.9 Å². The van der Waals surface area contributed by atoms with Crippen molar-refractivity contribution < 1.29 is 46.7 Å². The molecule has 0 saturated carbocycles. The summed E-state index contributed by atoms with van der Waals surface area (Å²) in [6.45, 7) is 13.3. The molecular formula is C21H37N2O2Y+. The smallest absolute Gasteiger partial charge is 0.137 e. The summed E-state index contributed by atoms with van der Waals surface area (Å²) in [6, 6.07) is 8.06. The van der Waals surface area contributed by atoms with Gasteiger partial charge in [0.15, 0.2) is 0 Å². The number of hydrogen-bond donors (Lipinski definition) is 0. The van der Waals surface area contributed by atoms with E-state index in [1.165, 1.54) is 45.6 Å². The summed E-state index contributed by atoms with van der Waals surface area (Å²) >= 11 is 0. The fourth-order valence-corrected chi connectivity index (χ4v) is 3.47. The van der Waals surface area contributed by atoms with Crippen LogP contribution in [-0.2, 0) is 32.7 Å². The first-order valence-corrected chi connectivity index (χ1v) is 10.1. The Morgan fingerprint density at radius 2 is 1.46 bits per heavy atom. The van der Waals surface area contributed by atoms with Gasteiger partial charge in [0.25, 0.3) is 0 Å². The third-order valence-electron chi connectivity index (χ3n) is 5.28. The van der Waals surface area contributed by atoms with Gasteiger partial charge < -0.3 is 18.9 Å². The van der Waals surface area contributed by atoms with Crippen LogP contribution in [0.2, 0.25) is 0 Å². The maximum absolute atomic E-state index is 5.99. The molecule has 1 heterocycles. The maximum Gasteiger partial charge on any atom is 0.137 e. The molecule has 1 fully saturated rings. The molecule has 1 aliphatic rings. The molecule has 0 atom stereocenters. The van der Waals surface area contributed by atoms with Crippen molar-refractivity contribution in [1.82, 2.24) is 4.90 Å². The number of unbranched alkanes of at least 4 members (excludes halogenated alkanes) is 1. The molecule has 0 amide bonds. The topological polar surface area (TPSA) is 21.7 Å². The number of quaternary nitrogens is 1. The quantitative estimate of drug-likeness (QED) is 0.433. The molecule has 4 nitrogen and oxygen atoms in total. The van der Waals surface area contributed by atoms with Crippen LogP contribution in [0.15, 0.2) is 24.3 Å². The Balaban J connectivity index is 0.00000338. The van der Waals surface area contributed by atoms with Crippen molar-refractivity contribution in [2.75, 3.05) is 59.5 Å². The van der Waals surface area contributed by atoms with Crippen LogP contribution >= 0.6 is 0 Å². The summed E-state index contributed by atoms with van der Waals surface area (Å²) in [7, 11) is 2.38. The van der Waals surface area contributed by atoms with Crippen LogP contribution in [0, 0.1) is 0 Å². The molecule has 1 aromatic rings. The summed E-state index contributed by atoms with van der Waals surface area (Å²) in [5.74, 6) is 1.88. The van der Waals surface area contributed by atoms with Gasteiger partial charge in [0.1, 0.15) is 24.7 Å². The molecule has 0 bridgehead atoms. The van der Waals surface area contributed by atoms with Gasteiger partial charge in [-0.3, -0.25) is 0 Å². The van der Waals surface area contributed by atoms with Crippen LogP contribution in [0.5, 0.6) is 11.5 Å². The molecule has 0 N–H and O–H groups in total. The molecule has 1 aliphatic heterocycles. The minimum absolute atomic E-state index is 0. The molecule has 0 aromatic heterocycles. The van der Waals surface area contributed by atoms with E-state index in [1.54, 1.807) is 0 Å². The summed E-state index contributed by atoms with van der Waals surface area (Å²) in [5, 5.41) is 0. The Labute approximate surface area is 185 Å². The van der Waals surface area contributed by atoms with Gasteiger partial charge in [0.05, 0.1) is 26.7 Å². The molecule has 2 rings (SSSR count). The van der Waals surface area contributed by atoms with Gasteiger partial charge in [-0.2, -0.15) is 0 Å². The fraction of sp³-hybridized carbons (Fsp3) is 0.714. The minimum atomic E-state index is 0. The number of rotatable bonds is 9. The van der Waals surface area contributed by atoms with Crippen LogP contribution in [0.4, 0.5) is 0 Å². The zero-order valence-corrected chi connectivity index (χ0v) is 19.9. The number of benzene rings is 1. The Morgan fingerprint density at radius 1 is 0.923 bits per heavy atom. The van der Waals surface area contributed by atoms with Crippen molar-refractivity contribution in [3.8, 4) is 11.5 Å². The van der Waals surface area contributed by atoms with Crippen molar-refractivity contribution >= 4 is 0 Å². The third-order valence-corrected chi connectivity index (χ3v) is 5.28. The number of nitrogens with zero attached hydrogens (tertiary/aromatic N) is 2. The fourth-order valence-electron chi connectivity index (χ4n) is 3.47. The van der Waals surface area contributed by atoms with Crippen molar-refractivity contribution in [2.45, 2.75) is 39.5 Å². The second kappa shape index (κ2) is 13.1. The first-order chi connectivity index (χ1) is 12.1. The van der Waals surface area contributed by atoms with Gasteiger partial charge in [-0.15, -0.1) is 0 Å². The van der Waals surface area contributed by atoms with E-state index in [0.29, 0.717) is 0 Å². The van der Waals surface area contributed by atoms with Crippen molar-refractivity contribution in [2.24, 2.45) is 0 Å². The van der Waals surface area contributed by atoms with Gasteiger partial charge in [0.2, 0.25) is 0 Å². The standard InChI is InChI=1S/C21H37N2O2.Y/c1-4-6-18-24-20-9-11-21(12-10-20)25-19-17-23(3)15-7-13-22(5-2)14-8-16-23;/h9-12H,4-8,13-19H2,1-3H3;/q+1;. The summed E-state index contributed by atoms with van der Waals surface area (Å²) in [6.07, 6.45) is 4.84. The second-order valence-electron chi connectivity index (χ2n) is 7.45. The summed E-state index contributed by atoms with van der Waals surface area (Å²) < 4.78 is 12.8. The van der Waals surface area contributed by atoms with Crippen LogP contribution in [0.3, 0.4) is 0 Å². The van der Waals surface area contributed by atoms with E-state index in [-0.39, 0.29) is 32.7 Å². The van der Waals surface area contributed by atoms with Gasteiger partial charge in [-0.1, -0.05) is 20.3 Å². The van der Waals surface area contributed by atoms with Crippen molar-refractivity contribution in [3.63, 3.8) is 0 Å². The normalized spacial score (nSPS) is 17.7. The summed E-state index contributed by atoms with van der Waals surface area (Å²) in [5.41, 5.74) is 0. The maximum atomic E-state index is 5.99. The Bertz CT molecular complexity index is 471. The van der Waals surface area contributed by atoms with E-state index in [4.69, 9.17) is 9.47 Å². The average Bonchev–Trinajstić information content (AvgIpc) is 2.60. The first-order valence-electron chi connectivity index (χ1n) is 10.1. The molecular weight excluding hydrogens is 401 g/mol. The minimum Gasteiger partial charge on any atom is -0.494 e. The third kappa shape index (κ3) is 8.69. The van der Waals surface area contributed by atoms with Crippen LogP contribution in [0.25, 0.3) is 0 Å². The predicted octanol–water partition coefficient (Wildman–Crippen LogP) is 3.80. The molecule has 26 heavy (non-hydrogen) atoms. The average molecular weight is 438 g/mol. The molecule has 0 unspecified atom stereocenters. The van der Waals surface area contributed by atoms with E-state index < -0.39 is 0 Å². The van der Waals surface area contributed by atoms with Crippen LogP contribution in [0.1, 0.15) is 39.5 Å². The zero-order chi connectivity index (χ0) is 18.0. The molecule has 0 aliphatic carbocycles. The van der Waals surface area contributed by atoms with Crippen molar-refractivity contribution in [1.29, 1.82) is 0 Å². The second-order valence-corrected chi connectivity index (χ2v) is 7.45. The molecule has 1 radical (unpaired) electrons. The summed E-state index contributed by atoms with van der Waals surface area (Å²) in [4.78, 5) is 2.57. The Morgan fingerprint density at radius 3 is 1.96 bits per heavy atom. The Kier molecular flexibility index (Phi) is 12.0. The molecule has 0 spiro atoms. The van der Waals surface area contributed by atoms with E-state index in [0.717, 1.165) is 48.6 Å². The molecule has 145 valence electrons. The number of hydrogen-bond acceptors (Lipinski definition) is 3. The van der Waals surface area contributed by atoms with Crippen LogP contribution < -0.4 is 9.47 Å². The van der Waals surface area contributed by atoms with Gasteiger partial charge in [0, 0.05) is 58.6 Å². The van der Waals surface area contributed by atoms with Gasteiger partial charge in [-0.25, -0.2) is 0 Å². The van der Waals surface area contributed by atoms with E-state index >= 15 is 0 Å². The molecule has 1 saturated heterocycles. The SMILES string of the molecule is CCCCOc1ccc(OCC[N+]2(C)CCCN(CC)CCC2)cc1.[Y]. The Hall–Kier alpha value is -0.156. The largest absolute Gasteiger partial charge is 0.494 e.